The number of hydrogen-bond donors (Lipinski definition) is 2. The monoisotopic (exact) mass is 288 g/mol. The van der Waals surface area contributed by atoms with Crippen molar-refractivity contribution in [3.8, 4) is 0 Å². The van der Waals surface area contributed by atoms with Crippen LogP contribution in [0, 0.1) is 0 Å². The molecule has 2 amide bonds. The molecular formula is C17H24N2O2. The molecule has 4 nitrogen and oxygen atoms in total. The van der Waals surface area contributed by atoms with E-state index in [0.717, 1.165) is 24.9 Å². The third-order valence-electron chi connectivity index (χ3n) is 3.94. The molecule has 2 rings (SSSR count). The van der Waals surface area contributed by atoms with Crippen molar-refractivity contribution in [1.82, 2.24) is 5.32 Å². The maximum Gasteiger partial charge on any atom is 0.233 e. The molecule has 0 atom stereocenters. The summed E-state index contributed by atoms with van der Waals surface area (Å²) in [6, 6.07) is 7.96. The normalized spacial score (nSPS) is 15.5. The zero-order valence-electron chi connectivity index (χ0n) is 12.7. The van der Waals surface area contributed by atoms with E-state index in [-0.39, 0.29) is 24.3 Å². The largest absolute Gasteiger partial charge is 0.353 e. The van der Waals surface area contributed by atoms with E-state index >= 15 is 0 Å². The summed E-state index contributed by atoms with van der Waals surface area (Å²) in [5, 5.41) is 5.72. The van der Waals surface area contributed by atoms with Crippen LogP contribution in [0.15, 0.2) is 24.3 Å². The fraction of sp³-hybridized carbons (Fsp3) is 0.529. The van der Waals surface area contributed by atoms with Gasteiger partial charge in [0.1, 0.15) is 6.42 Å². The van der Waals surface area contributed by atoms with Gasteiger partial charge in [-0.05, 0) is 37.0 Å². The van der Waals surface area contributed by atoms with Crippen LogP contribution in [0.3, 0.4) is 0 Å². The maximum atomic E-state index is 11.8. The molecule has 0 spiro atoms. The van der Waals surface area contributed by atoms with Gasteiger partial charge in [-0.2, -0.15) is 0 Å². The molecule has 1 aromatic rings. The molecule has 0 radical (unpaired) electrons. The Kier molecular flexibility index (Phi) is 5.78. The highest BCUT2D eigenvalue weighted by molar-refractivity contribution is 6.03. The second kappa shape index (κ2) is 7.81. The Labute approximate surface area is 126 Å². The SMILES string of the molecule is CCc1ccc(NC(=O)CC(=O)NC2CCCCC2)cc1. The fourth-order valence-corrected chi connectivity index (χ4v) is 2.70. The highest BCUT2D eigenvalue weighted by atomic mass is 16.2. The third-order valence-corrected chi connectivity index (χ3v) is 3.94. The minimum Gasteiger partial charge on any atom is -0.353 e. The second-order valence-electron chi connectivity index (χ2n) is 5.68. The Bertz CT molecular complexity index is 476. The van der Waals surface area contributed by atoms with Crippen LogP contribution in [0.2, 0.25) is 0 Å². The molecule has 114 valence electrons. The van der Waals surface area contributed by atoms with Gasteiger partial charge in [-0.15, -0.1) is 0 Å². The third kappa shape index (κ3) is 5.21. The van der Waals surface area contributed by atoms with Gasteiger partial charge in [0.2, 0.25) is 11.8 Å². The first-order valence-corrected chi connectivity index (χ1v) is 7.85. The van der Waals surface area contributed by atoms with E-state index in [0.29, 0.717) is 0 Å². The van der Waals surface area contributed by atoms with Crippen LogP contribution in [0.5, 0.6) is 0 Å². The first kappa shape index (κ1) is 15.5. The zero-order valence-corrected chi connectivity index (χ0v) is 12.7. The Morgan fingerprint density at radius 1 is 1.05 bits per heavy atom. The number of carbonyl (C=O) groups is 2. The van der Waals surface area contributed by atoms with Gasteiger partial charge in [0.25, 0.3) is 0 Å². The summed E-state index contributed by atoms with van der Waals surface area (Å²) in [5.74, 6) is -0.433. The van der Waals surface area contributed by atoms with Crippen molar-refractivity contribution >= 4 is 17.5 Å². The van der Waals surface area contributed by atoms with Crippen LogP contribution in [-0.4, -0.2) is 17.9 Å². The van der Waals surface area contributed by atoms with E-state index in [9.17, 15) is 9.59 Å². The van der Waals surface area contributed by atoms with Crippen molar-refractivity contribution in [3.63, 3.8) is 0 Å². The van der Waals surface area contributed by atoms with Gasteiger partial charge in [0, 0.05) is 11.7 Å². The Hall–Kier alpha value is -1.84. The first-order valence-electron chi connectivity index (χ1n) is 7.85. The molecule has 0 saturated heterocycles. The molecule has 1 aromatic carbocycles. The number of hydrogen-bond acceptors (Lipinski definition) is 2. The van der Waals surface area contributed by atoms with E-state index in [1.807, 2.05) is 24.3 Å². The molecule has 1 saturated carbocycles. The number of rotatable bonds is 5. The molecule has 4 heteroatoms. The summed E-state index contributed by atoms with van der Waals surface area (Å²) in [4.78, 5) is 23.7. The summed E-state index contributed by atoms with van der Waals surface area (Å²) < 4.78 is 0. The zero-order chi connectivity index (χ0) is 15.1. The molecule has 0 bridgehead atoms. The molecule has 0 heterocycles. The molecule has 2 N–H and O–H groups in total. The number of aryl methyl sites for hydroxylation is 1. The maximum absolute atomic E-state index is 11.8. The summed E-state index contributed by atoms with van der Waals surface area (Å²) >= 11 is 0. The van der Waals surface area contributed by atoms with Crippen LogP contribution in [0.4, 0.5) is 5.69 Å². The minimum absolute atomic E-state index is 0.105. The second-order valence-corrected chi connectivity index (χ2v) is 5.68. The number of benzene rings is 1. The van der Waals surface area contributed by atoms with Crippen molar-refractivity contribution in [3.05, 3.63) is 29.8 Å². The molecule has 21 heavy (non-hydrogen) atoms. The van der Waals surface area contributed by atoms with Crippen LogP contribution in [-0.2, 0) is 16.0 Å². The standard InChI is InChI=1S/C17H24N2O2/c1-2-13-8-10-15(11-9-13)19-17(21)12-16(20)18-14-6-4-3-5-7-14/h8-11,14H,2-7,12H2,1H3,(H,18,20)(H,19,21). The molecule has 1 fully saturated rings. The van der Waals surface area contributed by atoms with Gasteiger partial charge >= 0.3 is 0 Å². The molecule has 1 aliphatic rings. The van der Waals surface area contributed by atoms with Gasteiger partial charge in [-0.1, -0.05) is 38.3 Å². The number of carbonyl (C=O) groups excluding carboxylic acids is 2. The Morgan fingerprint density at radius 2 is 1.71 bits per heavy atom. The van der Waals surface area contributed by atoms with E-state index in [1.165, 1.54) is 24.8 Å². The van der Waals surface area contributed by atoms with Crippen molar-refractivity contribution in [2.45, 2.75) is 57.9 Å². The lowest BCUT2D eigenvalue weighted by atomic mass is 9.95. The van der Waals surface area contributed by atoms with Crippen LogP contribution in [0.25, 0.3) is 0 Å². The highest BCUT2D eigenvalue weighted by Gasteiger charge is 2.17. The van der Waals surface area contributed by atoms with Crippen LogP contribution >= 0.6 is 0 Å². The average molecular weight is 288 g/mol. The van der Waals surface area contributed by atoms with E-state index in [4.69, 9.17) is 0 Å². The Morgan fingerprint density at radius 3 is 2.33 bits per heavy atom. The molecule has 0 aliphatic heterocycles. The Balaban J connectivity index is 1.76. The van der Waals surface area contributed by atoms with Crippen LogP contribution < -0.4 is 10.6 Å². The first-order chi connectivity index (χ1) is 10.2. The van der Waals surface area contributed by atoms with Gasteiger partial charge < -0.3 is 10.6 Å². The fourth-order valence-electron chi connectivity index (χ4n) is 2.70. The number of nitrogens with one attached hydrogen (secondary N) is 2. The van der Waals surface area contributed by atoms with Gasteiger partial charge in [-0.3, -0.25) is 9.59 Å². The summed E-state index contributed by atoms with van der Waals surface area (Å²) in [6.07, 6.45) is 6.52. The van der Waals surface area contributed by atoms with Gasteiger partial charge in [-0.25, -0.2) is 0 Å². The number of anilines is 1. The lowest BCUT2D eigenvalue weighted by molar-refractivity contribution is -0.127. The van der Waals surface area contributed by atoms with Gasteiger partial charge in [0.15, 0.2) is 0 Å². The van der Waals surface area contributed by atoms with E-state index in [1.54, 1.807) is 0 Å². The highest BCUT2D eigenvalue weighted by Crippen LogP contribution is 2.17. The van der Waals surface area contributed by atoms with Gasteiger partial charge in [0.05, 0.1) is 0 Å². The van der Waals surface area contributed by atoms with Crippen molar-refractivity contribution in [2.75, 3.05) is 5.32 Å². The van der Waals surface area contributed by atoms with E-state index in [2.05, 4.69) is 17.6 Å². The lowest BCUT2D eigenvalue weighted by Gasteiger charge is -2.22. The molecular weight excluding hydrogens is 264 g/mol. The molecule has 0 unspecified atom stereocenters. The topological polar surface area (TPSA) is 58.2 Å². The van der Waals surface area contributed by atoms with Crippen molar-refractivity contribution < 1.29 is 9.59 Å². The predicted octanol–water partition coefficient (Wildman–Crippen LogP) is 3.03. The summed E-state index contributed by atoms with van der Waals surface area (Å²) in [5.41, 5.74) is 1.96. The number of amides is 2. The van der Waals surface area contributed by atoms with Crippen molar-refractivity contribution in [1.29, 1.82) is 0 Å². The molecule has 0 aromatic heterocycles. The smallest absolute Gasteiger partial charge is 0.233 e. The quantitative estimate of drug-likeness (QED) is 0.818. The predicted molar refractivity (Wildman–Crippen MR) is 84.1 cm³/mol. The molecule has 1 aliphatic carbocycles. The van der Waals surface area contributed by atoms with Crippen molar-refractivity contribution in [2.24, 2.45) is 0 Å². The van der Waals surface area contributed by atoms with Crippen LogP contribution in [0.1, 0.15) is 51.0 Å². The summed E-state index contributed by atoms with van der Waals surface area (Å²) in [6.45, 7) is 2.09. The average Bonchev–Trinajstić information content (AvgIpc) is 2.48. The lowest BCUT2D eigenvalue weighted by Crippen LogP contribution is -2.37. The minimum atomic E-state index is -0.257. The van der Waals surface area contributed by atoms with E-state index < -0.39 is 0 Å². The summed E-state index contributed by atoms with van der Waals surface area (Å²) in [7, 11) is 0.